The lowest BCUT2D eigenvalue weighted by molar-refractivity contribution is 0.100. The second kappa shape index (κ2) is 5.82. The van der Waals surface area contributed by atoms with E-state index in [1.165, 1.54) is 29.9 Å². The Kier molecular flexibility index (Phi) is 4.08. The number of hydrogen-bond donors (Lipinski definition) is 2. The molecular weight excluding hydrogens is 336 g/mol. The van der Waals surface area contributed by atoms with E-state index in [2.05, 4.69) is 27.0 Å². The summed E-state index contributed by atoms with van der Waals surface area (Å²) >= 11 is 5.52. The van der Waals surface area contributed by atoms with Gasteiger partial charge in [-0.1, -0.05) is 15.9 Å². The Hall–Kier alpha value is -0.940. The number of thioether (sulfide) groups is 1. The number of amides is 1. The lowest BCUT2D eigenvalue weighted by Gasteiger charge is -2.20. The van der Waals surface area contributed by atoms with Crippen molar-refractivity contribution in [2.75, 3.05) is 11.5 Å². The molecule has 3 rings (SSSR count). The van der Waals surface area contributed by atoms with Gasteiger partial charge in [0.05, 0.1) is 11.1 Å². The fraction of sp³-hybridized carbons (Fsp3) is 0.400. The minimum atomic E-state index is -0.390. The summed E-state index contributed by atoms with van der Waals surface area (Å²) in [5.41, 5.74) is 8.17. The van der Waals surface area contributed by atoms with Gasteiger partial charge in [0.15, 0.2) is 0 Å². The number of hydrogen-bond acceptors (Lipinski definition) is 2. The molecule has 0 radical (unpaired) electrons. The zero-order valence-electron chi connectivity index (χ0n) is 11.1. The lowest BCUT2D eigenvalue weighted by atomic mass is 9.93. The van der Waals surface area contributed by atoms with E-state index in [9.17, 15) is 4.79 Å². The Morgan fingerprint density at radius 2 is 2.15 bits per heavy atom. The van der Waals surface area contributed by atoms with E-state index in [0.717, 1.165) is 27.7 Å². The normalized spacial score (nSPS) is 16.6. The molecule has 0 unspecified atom stereocenters. The molecule has 0 saturated carbocycles. The van der Waals surface area contributed by atoms with Crippen LogP contribution in [0.15, 0.2) is 22.8 Å². The van der Waals surface area contributed by atoms with Crippen molar-refractivity contribution in [1.82, 2.24) is 4.98 Å². The number of carbonyl (C=O) groups excluding carboxylic acids is 1. The van der Waals surface area contributed by atoms with Crippen LogP contribution in [0.5, 0.6) is 0 Å². The highest BCUT2D eigenvalue weighted by Crippen LogP contribution is 2.31. The summed E-state index contributed by atoms with van der Waals surface area (Å²) in [5, 5.41) is 1.12. The van der Waals surface area contributed by atoms with Crippen molar-refractivity contribution in [3.05, 3.63) is 33.9 Å². The average Bonchev–Trinajstić information content (AvgIpc) is 2.82. The maximum Gasteiger partial charge on any atom is 0.250 e. The predicted molar refractivity (Wildman–Crippen MR) is 88.3 cm³/mol. The van der Waals surface area contributed by atoms with Crippen LogP contribution in [0.2, 0.25) is 0 Å². The molecule has 20 heavy (non-hydrogen) atoms. The summed E-state index contributed by atoms with van der Waals surface area (Å²) in [6.45, 7) is 0. The van der Waals surface area contributed by atoms with E-state index >= 15 is 0 Å². The van der Waals surface area contributed by atoms with Gasteiger partial charge in [0.1, 0.15) is 0 Å². The van der Waals surface area contributed by atoms with Crippen LogP contribution in [0, 0.1) is 5.92 Å². The summed E-state index contributed by atoms with van der Waals surface area (Å²) in [6, 6.07) is 3.85. The van der Waals surface area contributed by atoms with Gasteiger partial charge in [0.25, 0.3) is 5.91 Å². The third-order valence-corrected chi connectivity index (χ3v) is 5.46. The van der Waals surface area contributed by atoms with Crippen molar-refractivity contribution in [3.63, 3.8) is 0 Å². The third kappa shape index (κ3) is 2.74. The number of benzene rings is 1. The Bertz CT molecular complexity index is 647. The van der Waals surface area contributed by atoms with Crippen molar-refractivity contribution in [3.8, 4) is 0 Å². The fourth-order valence-electron chi connectivity index (χ4n) is 2.88. The van der Waals surface area contributed by atoms with Crippen molar-refractivity contribution in [1.29, 1.82) is 0 Å². The van der Waals surface area contributed by atoms with E-state index < -0.39 is 5.91 Å². The van der Waals surface area contributed by atoms with Crippen molar-refractivity contribution >= 4 is 44.5 Å². The van der Waals surface area contributed by atoms with Crippen molar-refractivity contribution in [2.45, 2.75) is 19.3 Å². The number of primary amides is 1. The molecule has 3 N–H and O–H groups in total. The van der Waals surface area contributed by atoms with Crippen LogP contribution in [0.4, 0.5) is 0 Å². The number of rotatable bonds is 3. The zero-order chi connectivity index (χ0) is 14.1. The van der Waals surface area contributed by atoms with E-state index in [1.54, 1.807) is 6.07 Å². The standard InChI is InChI=1S/C15H17BrN2OS/c16-11-6-12-10(5-9-1-3-20-4-2-9)8-18-14(12)13(7-11)15(17)19/h6-9,18H,1-5H2,(H2,17,19). The summed E-state index contributed by atoms with van der Waals surface area (Å²) < 4.78 is 0.902. The van der Waals surface area contributed by atoms with Crippen molar-refractivity contribution < 1.29 is 4.79 Å². The third-order valence-electron chi connectivity index (χ3n) is 3.95. The highest BCUT2D eigenvalue weighted by molar-refractivity contribution is 9.10. The smallest absolute Gasteiger partial charge is 0.250 e. The molecule has 1 amide bonds. The van der Waals surface area contributed by atoms with Gasteiger partial charge in [0, 0.05) is 16.1 Å². The molecule has 1 fully saturated rings. The molecule has 0 aliphatic carbocycles. The number of nitrogens with one attached hydrogen (secondary N) is 1. The van der Waals surface area contributed by atoms with E-state index in [-0.39, 0.29) is 0 Å². The number of H-pyrrole nitrogens is 1. The largest absolute Gasteiger partial charge is 0.366 e. The van der Waals surface area contributed by atoms with E-state index in [0.29, 0.717) is 5.56 Å². The number of aromatic nitrogens is 1. The zero-order valence-corrected chi connectivity index (χ0v) is 13.5. The first kappa shape index (κ1) is 14.0. The second-order valence-corrected chi connectivity index (χ2v) is 7.45. The van der Waals surface area contributed by atoms with E-state index in [4.69, 9.17) is 5.73 Å². The molecular formula is C15H17BrN2OS. The summed E-state index contributed by atoms with van der Waals surface area (Å²) in [4.78, 5) is 14.8. The van der Waals surface area contributed by atoms with Crippen LogP contribution in [-0.2, 0) is 6.42 Å². The molecule has 0 atom stereocenters. The molecule has 1 aromatic heterocycles. The minimum absolute atomic E-state index is 0.390. The first-order valence-corrected chi connectivity index (χ1v) is 8.77. The monoisotopic (exact) mass is 352 g/mol. The molecule has 2 heterocycles. The molecule has 1 aliphatic rings. The van der Waals surface area contributed by atoms with Gasteiger partial charge in [-0.2, -0.15) is 11.8 Å². The summed E-state index contributed by atoms with van der Waals surface area (Å²) in [6.07, 6.45) is 5.68. The number of carbonyl (C=O) groups is 1. The van der Waals surface area contributed by atoms with Gasteiger partial charge in [0.2, 0.25) is 0 Å². The first-order valence-electron chi connectivity index (χ1n) is 6.82. The molecule has 106 valence electrons. The topological polar surface area (TPSA) is 58.9 Å². The SMILES string of the molecule is NC(=O)c1cc(Br)cc2c(CC3CCSCC3)c[nH]c12. The van der Waals surface area contributed by atoms with Gasteiger partial charge in [-0.15, -0.1) is 0 Å². The Morgan fingerprint density at radius 1 is 1.40 bits per heavy atom. The molecule has 0 bridgehead atoms. The first-order chi connectivity index (χ1) is 9.65. The fourth-order valence-corrected chi connectivity index (χ4v) is 4.54. The minimum Gasteiger partial charge on any atom is -0.366 e. The highest BCUT2D eigenvalue weighted by Gasteiger charge is 2.18. The predicted octanol–water partition coefficient (Wildman–Crippen LogP) is 3.72. The number of fused-ring (bicyclic) bond motifs is 1. The van der Waals surface area contributed by atoms with Crippen LogP contribution < -0.4 is 5.73 Å². The quantitative estimate of drug-likeness (QED) is 0.884. The molecule has 1 aliphatic heterocycles. The lowest BCUT2D eigenvalue weighted by Crippen LogP contribution is -2.12. The molecule has 5 heteroatoms. The molecule has 1 aromatic carbocycles. The Morgan fingerprint density at radius 3 is 2.85 bits per heavy atom. The molecule has 0 spiro atoms. The maximum atomic E-state index is 11.5. The van der Waals surface area contributed by atoms with Gasteiger partial charge < -0.3 is 10.7 Å². The van der Waals surface area contributed by atoms with Gasteiger partial charge in [-0.25, -0.2) is 0 Å². The highest BCUT2D eigenvalue weighted by atomic mass is 79.9. The Balaban J connectivity index is 1.97. The summed E-state index contributed by atoms with van der Waals surface area (Å²) in [7, 11) is 0. The number of halogens is 1. The number of aromatic amines is 1. The maximum absolute atomic E-state index is 11.5. The van der Waals surface area contributed by atoms with Crippen LogP contribution in [-0.4, -0.2) is 22.4 Å². The van der Waals surface area contributed by atoms with E-state index in [1.807, 2.05) is 18.0 Å². The summed E-state index contributed by atoms with van der Waals surface area (Å²) in [5.74, 6) is 2.90. The van der Waals surface area contributed by atoms with Gasteiger partial charge in [-0.3, -0.25) is 4.79 Å². The molecule has 1 saturated heterocycles. The number of nitrogens with two attached hydrogens (primary N) is 1. The molecule has 2 aromatic rings. The average molecular weight is 353 g/mol. The second-order valence-electron chi connectivity index (χ2n) is 5.31. The van der Waals surface area contributed by atoms with Crippen LogP contribution in [0.25, 0.3) is 10.9 Å². The molecule has 3 nitrogen and oxygen atoms in total. The van der Waals surface area contributed by atoms with Gasteiger partial charge in [-0.05, 0) is 54.4 Å². The van der Waals surface area contributed by atoms with Crippen molar-refractivity contribution in [2.24, 2.45) is 11.7 Å². The van der Waals surface area contributed by atoms with Gasteiger partial charge >= 0.3 is 0 Å². The van der Waals surface area contributed by atoms with Crippen LogP contribution >= 0.6 is 27.7 Å². The van der Waals surface area contributed by atoms with Crippen LogP contribution in [0.3, 0.4) is 0 Å². The van der Waals surface area contributed by atoms with Crippen LogP contribution in [0.1, 0.15) is 28.8 Å². The Labute approximate surface area is 130 Å².